The molecule has 1 N–H and O–H groups in total. The lowest BCUT2D eigenvalue weighted by Crippen LogP contribution is -2.41. The molecule has 0 aromatic heterocycles. The van der Waals surface area contributed by atoms with Crippen molar-refractivity contribution in [1.29, 1.82) is 0 Å². The molecule has 3 amide bonds. The second kappa shape index (κ2) is 5.88. The molecule has 1 fully saturated rings. The number of amides is 3. The quantitative estimate of drug-likeness (QED) is 0.693. The third kappa shape index (κ3) is 2.67. The summed E-state index contributed by atoms with van der Waals surface area (Å²) >= 11 is 0. The van der Waals surface area contributed by atoms with E-state index in [2.05, 4.69) is 5.32 Å². The van der Waals surface area contributed by atoms with E-state index in [9.17, 15) is 18.8 Å². The fourth-order valence-corrected chi connectivity index (χ4v) is 2.68. The number of nitrogens with one attached hydrogen (secondary N) is 1. The average Bonchev–Trinajstić information content (AvgIpc) is 2.80. The minimum absolute atomic E-state index is 0.331. The predicted octanol–water partition coefficient (Wildman–Crippen LogP) is 2.48. The predicted molar refractivity (Wildman–Crippen MR) is 84.8 cm³/mol. The summed E-state index contributed by atoms with van der Waals surface area (Å²) in [6.45, 7) is 1.19. The lowest BCUT2D eigenvalue weighted by atomic mass is 9.92. The molecule has 0 aliphatic carbocycles. The minimum Gasteiger partial charge on any atom is -0.319 e. The van der Waals surface area contributed by atoms with Gasteiger partial charge in [-0.3, -0.25) is 14.5 Å². The average molecular weight is 326 g/mol. The highest BCUT2D eigenvalue weighted by atomic mass is 19.1. The number of hydrogen-bond acceptors (Lipinski definition) is 3. The van der Waals surface area contributed by atoms with Gasteiger partial charge in [-0.2, -0.15) is 0 Å². The van der Waals surface area contributed by atoms with Crippen LogP contribution in [0.3, 0.4) is 0 Å². The van der Waals surface area contributed by atoms with E-state index < -0.39 is 23.3 Å². The van der Waals surface area contributed by atoms with E-state index in [-0.39, 0.29) is 12.3 Å². The summed E-state index contributed by atoms with van der Waals surface area (Å²) in [5.41, 5.74) is -0.438. The first-order chi connectivity index (χ1) is 11.4. The first kappa shape index (κ1) is 15.9. The van der Waals surface area contributed by atoms with E-state index in [1.54, 1.807) is 30.3 Å². The molecular weight excluding hydrogens is 311 g/mol. The fourth-order valence-electron chi connectivity index (χ4n) is 2.68. The van der Waals surface area contributed by atoms with E-state index in [0.29, 0.717) is 11.1 Å². The Balaban J connectivity index is 1.84. The number of ketones is 1. The third-order valence-corrected chi connectivity index (χ3v) is 4.09. The van der Waals surface area contributed by atoms with Crippen LogP contribution in [0.2, 0.25) is 0 Å². The lowest BCUT2D eigenvalue weighted by molar-refractivity contribution is -0.130. The molecule has 2 aromatic carbocycles. The van der Waals surface area contributed by atoms with E-state index in [0.717, 1.165) is 4.90 Å². The van der Waals surface area contributed by atoms with Crippen LogP contribution in [-0.2, 0) is 10.3 Å². The standard InChI is InChI=1S/C18H15FN2O3/c1-18(13-7-9-14(19)10-8-13)16(23)21(17(24)20-18)11-15(22)12-5-3-2-4-6-12/h2-10H,11H2,1H3,(H,20,24). The van der Waals surface area contributed by atoms with Crippen molar-refractivity contribution in [2.75, 3.05) is 6.54 Å². The highest BCUT2D eigenvalue weighted by Crippen LogP contribution is 2.29. The van der Waals surface area contributed by atoms with Crippen LogP contribution in [0.15, 0.2) is 54.6 Å². The number of urea groups is 1. The Hall–Kier alpha value is -3.02. The second-order valence-corrected chi connectivity index (χ2v) is 5.74. The lowest BCUT2D eigenvalue weighted by Gasteiger charge is -2.22. The van der Waals surface area contributed by atoms with Crippen molar-refractivity contribution in [2.45, 2.75) is 12.5 Å². The summed E-state index contributed by atoms with van der Waals surface area (Å²) in [6, 6.07) is 13.1. The summed E-state index contributed by atoms with van der Waals surface area (Å²) in [7, 11) is 0. The molecule has 0 bridgehead atoms. The zero-order valence-corrected chi connectivity index (χ0v) is 13.0. The van der Waals surface area contributed by atoms with Gasteiger partial charge in [-0.25, -0.2) is 9.18 Å². The number of halogens is 1. The van der Waals surface area contributed by atoms with Crippen LogP contribution in [0.4, 0.5) is 9.18 Å². The van der Waals surface area contributed by atoms with Crippen LogP contribution in [-0.4, -0.2) is 29.2 Å². The fraction of sp³-hybridized carbons (Fsp3) is 0.167. The van der Waals surface area contributed by atoms with Crippen LogP contribution in [0.1, 0.15) is 22.8 Å². The molecule has 2 aromatic rings. The van der Waals surface area contributed by atoms with Crippen molar-refractivity contribution < 1.29 is 18.8 Å². The Kier molecular flexibility index (Phi) is 3.89. The minimum atomic E-state index is -1.32. The largest absolute Gasteiger partial charge is 0.325 e. The molecule has 0 spiro atoms. The molecule has 1 aliphatic heterocycles. The number of rotatable bonds is 4. The summed E-state index contributed by atoms with van der Waals surface area (Å²) in [6.07, 6.45) is 0. The molecule has 3 rings (SSSR count). The Morgan fingerprint density at radius 3 is 2.33 bits per heavy atom. The van der Waals surface area contributed by atoms with Crippen molar-refractivity contribution in [2.24, 2.45) is 0 Å². The molecule has 6 heteroatoms. The smallest absolute Gasteiger partial charge is 0.319 e. The Labute approximate surface area is 138 Å². The number of nitrogens with zero attached hydrogens (tertiary/aromatic N) is 1. The van der Waals surface area contributed by atoms with Crippen molar-refractivity contribution >= 4 is 17.7 Å². The molecule has 1 aliphatic rings. The Morgan fingerprint density at radius 2 is 1.71 bits per heavy atom. The van der Waals surface area contributed by atoms with Crippen molar-refractivity contribution in [1.82, 2.24) is 10.2 Å². The first-order valence-electron chi connectivity index (χ1n) is 7.40. The summed E-state index contributed by atoms with van der Waals surface area (Å²) < 4.78 is 13.1. The van der Waals surface area contributed by atoms with Crippen molar-refractivity contribution in [3.63, 3.8) is 0 Å². The molecule has 5 nitrogen and oxygen atoms in total. The number of carbonyl (C=O) groups excluding carboxylic acids is 3. The molecule has 0 saturated carbocycles. The summed E-state index contributed by atoms with van der Waals surface area (Å²) in [5.74, 6) is -1.30. The van der Waals surface area contributed by atoms with E-state index in [1.807, 2.05) is 0 Å². The molecule has 1 unspecified atom stereocenters. The van der Waals surface area contributed by atoms with Crippen molar-refractivity contribution in [3.05, 3.63) is 71.5 Å². The number of hydrogen-bond donors (Lipinski definition) is 1. The van der Waals surface area contributed by atoms with Gasteiger partial charge in [0.1, 0.15) is 11.4 Å². The maximum Gasteiger partial charge on any atom is 0.325 e. The van der Waals surface area contributed by atoms with Crippen LogP contribution < -0.4 is 5.32 Å². The van der Waals surface area contributed by atoms with E-state index in [1.165, 1.54) is 31.2 Å². The molecule has 0 radical (unpaired) electrons. The molecular formula is C18H15FN2O3. The first-order valence-corrected chi connectivity index (χ1v) is 7.40. The monoisotopic (exact) mass is 326 g/mol. The van der Waals surface area contributed by atoms with E-state index in [4.69, 9.17) is 0 Å². The Bertz CT molecular complexity index is 805. The maximum atomic E-state index is 13.1. The van der Waals surface area contributed by atoms with E-state index >= 15 is 0 Å². The highest BCUT2D eigenvalue weighted by molar-refractivity contribution is 6.11. The molecule has 122 valence electrons. The SMILES string of the molecule is CC1(c2ccc(F)cc2)NC(=O)N(CC(=O)c2ccccc2)C1=O. The van der Waals surface area contributed by atoms with Gasteiger partial charge < -0.3 is 5.32 Å². The summed E-state index contributed by atoms with van der Waals surface area (Å²) in [4.78, 5) is 38.0. The maximum absolute atomic E-state index is 13.1. The topological polar surface area (TPSA) is 66.5 Å². The number of benzene rings is 2. The normalized spacial score (nSPS) is 20.2. The zero-order chi connectivity index (χ0) is 17.3. The molecule has 1 heterocycles. The van der Waals surface area contributed by atoms with Gasteiger partial charge in [-0.15, -0.1) is 0 Å². The summed E-state index contributed by atoms with van der Waals surface area (Å²) in [5, 5.41) is 2.59. The molecule has 24 heavy (non-hydrogen) atoms. The van der Waals surface area contributed by atoms with Gasteiger partial charge in [0.15, 0.2) is 5.78 Å². The van der Waals surface area contributed by atoms with Crippen LogP contribution in [0.5, 0.6) is 0 Å². The molecule has 1 saturated heterocycles. The highest BCUT2D eigenvalue weighted by Gasteiger charge is 2.49. The third-order valence-electron chi connectivity index (χ3n) is 4.09. The van der Waals surface area contributed by atoms with Crippen LogP contribution >= 0.6 is 0 Å². The van der Waals surface area contributed by atoms with Crippen LogP contribution in [0.25, 0.3) is 0 Å². The van der Waals surface area contributed by atoms with Gasteiger partial charge in [0.2, 0.25) is 0 Å². The van der Waals surface area contributed by atoms with Gasteiger partial charge in [-0.1, -0.05) is 42.5 Å². The molecule has 1 atom stereocenters. The van der Waals surface area contributed by atoms with Crippen molar-refractivity contribution in [3.8, 4) is 0 Å². The van der Waals surface area contributed by atoms with Gasteiger partial charge >= 0.3 is 6.03 Å². The Morgan fingerprint density at radius 1 is 1.08 bits per heavy atom. The van der Waals surface area contributed by atoms with Gasteiger partial charge in [0.05, 0.1) is 6.54 Å². The number of Topliss-reactive ketones (excluding diaryl/α,β-unsaturated/α-hetero) is 1. The van der Waals surface area contributed by atoms with Gasteiger partial charge in [-0.05, 0) is 24.6 Å². The number of imide groups is 1. The van der Waals surface area contributed by atoms with Gasteiger partial charge in [0, 0.05) is 5.56 Å². The number of carbonyl (C=O) groups is 3. The zero-order valence-electron chi connectivity index (χ0n) is 13.0. The second-order valence-electron chi connectivity index (χ2n) is 5.74. The van der Waals surface area contributed by atoms with Gasteiger partial charge in [0.25, 0.3) is 5.91 Å². The van der Waals surface area contributed by atoms with Crippen LogP contribution in [0, 0.1) is 5.82 Å².